The van der Waals surface area contributed by atoms with Crippen molar-refractivity contribution in [1.29, 1.82) is 0 Å². The summed E-state index contributed by atoms with van der Waals surface area (Å²) in [5, 5.41) is 2.66. The number of hydrogen-bond acceptors (Lipinski definition) is 3. The molecule has 1 N–H and O–H groups in total. The fourth-order valence-corrected chi connectivity index (χ4v) is 3.22. The van der Waals surface area contributed by atoms with Crippen molar-refractivity contribution in [3.63, 3.8) is 0 Å². The molecule has 0 radical (unpaired) electrons. The van der Waals surface area contributed by atoms with E-state index in [1.807, 2.05) is 19.1 Å². The topological polar surface area (TPSA) is 51.2 Å². The van der Waals surface area contributed by atoms with Gasteiger partial charge in [-0.3, -0.25) is 4.79 Å². The Labute approximate surface area is 133 Å². The molecule has 0 spiro atoms. The van der Waals surface area contributed by atoms with E-state index in [2.05, 4.69) is 42.2 Å². The molecular weight excluding hydrogens is 388 g/mol. The first-order valence-electron chi connectivity index (χ1n) is 5.85. The summed E-state index contributed by atoms with van der Waals surface area (Å²) in [5.74, 6) is 0.845. The summed E-state index contributed by atoms with van der Waals surface area (Å²) < 4.78 is 7.12. The minimum Gasteiger partial charge on any atom is -0.481 e. The number of benzene rings is 1. The number of halogens is 2. The molecule has 2 rings (SSSR count). The van der Waals surface area contributed by atoms with E-state index in [0.29, 0.717) is 11.6 Å². The van der Waals surface area contributed by atoms with E-state index in [-0.39, 0.29) is 12.5 Å². The maximum absolute atomic E-state index is 11.8. The van der Waals surface area contributed by atoms with Crippen LogP contribution in [0.25, 0.3) is 0 Å². The number of ether oxygens (including phenoxy) is 1. The van der Waals surface area contributed by atoms with Crippen LogP contribution >= 0.6 is 31.9 Å². The second kappa shape index (κ2) is 6.85. The Balaban J connectivity index is 1.97. The van der Waals surface area contributed by atoms with E-state index >= 15 is 0 Å². The fourth-order valence-electron chi connectivity index (χ4n) is 1.58. The van der Waals surface area contributed by atoms with Crippen molar-refractivity contribution in [2.24, 2.45) is 0 Å². The first-order chi connectivity index (χ1) is 9.56. The number of anilines is 1. The SMILES string of the molecule is Cc1cc(Br)c(OCC(=O)Nc2ccccn2)c(Br)c1. The lowest BCUT2D eigenvalue weighted by molar-refractivity contribution is -0.118. The van der Waals surface area contributed by atoms with Crippen molar-refractivity contribution in [2.45, 2.75) is 6.92 Å². The van der Waals surface area contributed by atoms with E-state index in [1.165, 1.54) is 0 Å². The Kier molecular flexibility index (Phi) is 5.14. The highest BCUT2D eigenvalue weighted by Crippen LogP contribution is 2.34. The summed E-state index contributed by atoms with van der Waals surface area (Å²) in [5.41, 5.74) is 1.09. The lowest BCUT2D eigenvalue weighted by Gasteiger charge is -2.11. The highest BCUT2D eigenvalue weighted by atomic mass is 79.9. The van der Waals surface area contributed by atoms with Crippen molar-refractivity contribution in [1.82, 2.24) is 4.98 Å². The Morgan fingerprint density at radius 1 is 1.30 bits per heavy atom. The number of nitrogens with one attached hydrogen (secondary N) is 1. The largest absolute Gasteiger partial charge is 0.481 e. The molecule has 0 aliphatic carbocycles. The molecule has 0 saturated carbocycles. The van der Waals surface area contributed by atoms with Crippen LogP contribution in [0.4, 0.5) is 5.82 Å². The molecule has 20 heavy (non-hydrogen) atoms. The van der Waals surface area contributed by atoms with Crippen LogP contribution in [0.3, 0.4) is 0 Å². The van der Waals surface area contributed by atoms with Gasteiger partial charge in [-0.25, -0.2) is 4.98 Å². The van der Waals surface area contributed by atoms with Crippen LogP contribution in [0.1, 0.15) is 5.56 Å². The summed E-state index contributed by atoms with van der Waals surface area (Å²) in [6, 6.07) is 9.16. The molecule has 0 bridgehead atoms. The van der Waals surface area contributed by atoms with Gasteiger partial charge in [0.1, 0.15) is 11.6 Å². The molecule has 104 valence electrons. The van der Waals surface area contributed by atoms with E-state index in [0.717, 1.165) is 14.5 Å². The van der Waals surface area contributed by atoms with Gasteiger partial charge in [0.05, 0.1) is 8.95 Å². The van der Waals surface area contributed by atoms with Crippen LogP contribution < -0.4 is 10.1 Å². The molecule has 1 amide bonds. The van der Waals surface area contributed by atoms with Crippen LogP contribution in [0.5, 0.6) is 5.75 Å². The zero-order valence-corrected chi connectivity index (χ0v) is 13.9. The minimum atomic E-state index is -0.261. The van der Waals surface area contributed by atoms with Crippen molar-refractivity contribution >= 4 is 43.6 Å². The average Bonchev–Trinajstić information content (AvgIpc) is 2.38. The molecule has 1 heterocycles. The Morgan fingerprint density at radius 2 is 2.00 bits per heavy atom. The van der Waals surface area contributed by atoms with Crippen molar-refractivity contribution < 1.29 is 9.53 Å². The summed E-state index contributed by atoms with van der Waals surface area (Å²) in [7, 11) is 0. The van der Waals surface area contributed by atoms with E-state index < -0.39 is 0 Å². The summed E-state index contributed by atoms with van der Waals surface area (Å²) >= 11 is 6.83. The van der Waals surface area contributed by atoms with Gasteiger partial charge < -0.3 is 10.1 Å². The normalized spacial score (nSPS) is 10.2. The molecule has 4 nitrogen and oxygen atoms in total. The Bertz CT molecular complexity index is 595. The Morgan fingerprint density at radius 3 is 2.60 bits per heavy atom. The molecular formula is C14H12Br2N2O2. The second-order valence-corrected chi connectivity index (χ2v) is 5.82. The van der Waals surface area contributed by atoms with Gasteiger partial charge in [0.15, 0.2) is 6.61 Å². The minimum absolute atomic E-state index is 0.0865. The predicted molar refractivity (Wildman–Crippen MR) is 84.9 cm³/mol. The average molecular weight is 400 g/mol. The van der Waals surface area contributed by atoms with Gasteiger partial charge in [-0.15, -0.1) is 0 Å². The molecule has 0 aliphatic heterocycles. The number of carbonyl (C=O) groups excluding carboxylic acids is 1. The number of aromatic nitrogens is 1. The summed E-state index contributed by atoms with van der Waals surface area (Å²) in [4.78, 5) is 15.8. The summed E-state index contributed by atoms with van der Waals surface area (Å²) in [6.45, 7) is 1.89. The lowest BCUT2D eigenvalue weighted by atomic mass is 10.2. The van der Waals surface area contributed by atoms with Crippen molar-refractivity contribution in [3.8, 4) is 5.75 Å². The second-order valence-electron chi connectivity index (χ2n) is 4.11. The molecule has 6 heteroatoms. The van der Waals surface area contributed by atoms with Gasteiger partial charge in [0, 0.05) is 6.20 Å². The maximum atomic E-state index is 11.8. The van der Waals surface area contributed by atoms with E-state index in [9.17, 15) is 4.79 Å². The smallest absolute Gasteiger partial charge is 0.263 e. The number of nitrogens with zero attached hydrogens (tertiary/aromatic N) is 1. The number of hydrogen-bond donors (Lipinski definition) is 1. The number of amides is 1. The van der Waals surface area contributed by atoms with Gasteiger partial charge in [0.2, 0.25) is 0 Å². The summed E-state index contributed by atoms with van der Waals surface area (Å²) in [6.07, 6.45) is 1.61. The first-order valence-corrected chi connectivity index (χ1v) is 7.44. The highest BCUT2D eigenvalue weighted by molar-refractivity contribution is 9.11. The Hall–Kier alpha value is -1.40. The van der Waals surface area contributed by atoms with Crippen LogP contribution in [0, 0.1) is 6.92 Å². The molecule has 0 atom stereocenters. The van der Waals surface area contributed by atoms with Gasteiger partial charge in [-0.1, -0.05) is 6.07 Å². The van der Waals surface area contributed by atoms with Crippen molar-refractivity contribution in [2.75, 3.05) is 11.9 Å². The molecule has 1 aromatic carbocycles. The van der Waals surface area contributed by atoms with E-state index in [4.69, 9.17) is 4.74 Å². The monoisotopic (exact) mass is 398 g/mol. The zero-order chi connectivity index (χ0) is 14.5. The standard InChI is InChI=1S/C14H12Br2N2O2/c1-9-6-10(15)14(11(16)7-9)20-8-13(19)18-12-4-2-3-5-17-12/h2-7H,8H2,1H3,(H,17,18,19). The zero-order valence-electron chi connectivity index (χ0n) is 10.7. The van der Waals surface area contributed by atoms with Crippen molar-refractivity contribution in [3.05, 3.63) is 51.0 Å². The number of aryl methyl sites for hydroxylation is 1. The first kappa shape index (κ1) is 15.0. The van der Waals surface area contributed by atoms with E-state index in [1.54, 1.807) is 24.4 Å². The molecule has 0 fully saturated rings. The highest BCUT2D eigenvalue weighted by Gasteiger charge is 2.10. The predicted octanol–water partition coefficient (Wildman–Crippen LogP) is 3.93. The third kappa shape index (κ3) is 4.05. The van der Waals surface area contributed by atoms with Crippen LogP contribution in [0.2, 0.25) is 0 Å². The molecule has 0 saturated heterocycles. The third-order valence-electron chi connectivity index (χ3n) is 2.42. The molecule has 0 unspecified atom stereocenters. The number of carbonyl (C=O) groups is 1. The van der Waals surface area contributed by atoms with Gasteiger partial charge >= 0.3 is 0 Å². The van der Waals surface area contributed by atoms with Gasteiger partial charge in [0.25, 0.3) is 5.91 Å². The lowest BCUT2D eigenvalue weighted by Crippen LogP contribution is -2.20. The number of rotatable bonds is 4. The molecule has 2 aromatic rings. The van der Waals surface area contributed by atoms with Crippen LogP contribution in [0.15, 0.2) is 45.5 Å². The molecule has 0 aliphatic rings. The maximum Gasteiger partial charge on any atom is 0.263 e. The van der Waals surface area contributed by atoms with Crippen LogP contribution in [-0.2, 0) is 4.79 Å². The van der Waals surface area contributed by atoms with Gasteiger partial charge in [-0.05, 0) is 68.6 Å². The fraction of sp³-hybridized carbons (Fsp3) is 0.143. The third-order valence-corrected chi connectivity index (χ3v) is 3.60. The molecule has 1 aromatic heterocycles. The number of pyridine rings is 1. The van der Waals surface area contributed by atoms with Gasteiger partial charge in [-0.2, -0.15) is 0 Å². The quantitative estimate of drug-likeness (QED) is 0.847. The van der Waals surface area contributed by atoms with Crippen LogP contribution in [-0.4, -0.2) is 17.5 Å².